The first-order valence-corrected chi connectivity index (χ1v) is 9.86. The second-order valence-electron chi connectivity index (χ2n) is 6.20. The van der Waals surface area contributed by atoms with Gasteiger partial charge in [0.05, 0.1) is 22.9 Å². The number of aromatic nitrogens is 2. The predicted octanol–water partition coefficient (Wildman–Crippen LogP) is 3.32. The molecule has 0 radical (unpaired) electrons. The van der Waals surface area contributed by atoms with Gasteiger partial charge in [-0.25, -0.2) is 4.68 Å². The summed E-state index contributed by atoms with van der Waals surface area (Å²) < 4.78 is 13.7. The maximum atomic E-state index is 12.6. The molecule has 1 N–H and O–H groups in total. The Labute approximate surface area is 144 Å². The fourth-order valence-electron chi connectivity index (χ4n) is 3.11. The number of hydrogen-bond donors (Lipinski definition) is 1. The Hall–Kier alpha value is -1.95. The molecule has 0 fully saturated rings. The minimum Gasteiger partial charge on any atom is -0.310 e. The third-order valence-corrected chi connectivity index (χ3v) is 5.82. The van der Waals surface area contributed by atoms with Gasteiger partial charge < -0.3 is 5.32 Å². The minimum atomic E-state index is -0.925. The van der Waals surface area contributed by atoms with Crippen molar-refractivity contribution in [2.24, 2.45) is 5.92 Å². The third kappa shape index (κ3) is 3.02. The van der Waals surface area contributed by atoms with Crippen molar-refractivity contribution in [3.63, 3.8) is 0 Å². The summed E-state index contributed by atoms with van der Waals surface area (Å²) in [5.41, 5.74) is 3.77. The summed E-state index contributed by atoms with van der Waals surface area (Å²) in [5.74, 6) is 1.59. The molecule has 1 aromatic carbocycles. The van der Waals surface area contributed by atoms with Crippen molar-refractivity contribution in [1.82, 2.24) is 9.78 Å². The van der Waals surface area contributed by atoms with Crippen LogP contribution in [0.1, 0.15) is 43.5 Å². The summed E-state index contributed by atoms with van der Waals surface area (Å²) >= 11 is 0. The van der Waals surface area contributed by atoms with E-state index >= 15 is 0 Å². The summed E-state index contributed by atoms with van der Waals surface area (Å²) in [7, 11) is -0.925. The van der Waals surface area contributed by atoms with E-state index < -0.39 is 10.8 Å². The SMILES string of the molecule is CCC(CC)C(=O)Nc1c2c(nn1-c1ccccc1C)C[S@](=O)C2. The van der Waals surface area contributed by atoms with Crippen molar-refractivity contribution in [3.8, 4) is 5.69 Å². The maximum Gasteiger partial charge on any atom is 0.228 e. The summed E-state index contributed by atoms with van der Waals surface area (Å²) in [5, 5.41) is 7.71. The number of benzene rings is 1. The molecule has 2 aromatic rings. The summed E-state index contributed by atoms with van der Waals surface area (Å²) in [4.78, 5) is 12.6. The highest BCUT2D eigenvalue weighted by Crippen LogP contribution is 2.32. The molecule has 6 heteroatoms. The van der Waals surface area contributed by atoms with E-state index in [0.717, 1.165) is 35.3 Å². The molecule has 1 aliphatic heterocycles. The summed E-state index contributed by atoms with van der Waals surface area (Å²) in [6.07, 6.45) is 1.60. The minimum absolute atomic E-state index is 0.00946. The normalized spacial score (nSPS) is 16.4. The van der Waals surface area contributed by atoms with Crippen LogP contribution in [-0.4, -0.2) is 19.9 Å². The number of amides is 1. The first kappa shape index (κ1) is 16.9. The number of carbonyl (C=O) groups excluding carboxylic acids is 1. The van der Waals surface area contributed by atoms with Crippen LogP contribution in [-0.2, 0) is 27.1 Å². The van der Waals surface area contributed by atoms with Crippen LogP contribution in [0.3, 0.4) is 0 Å². The molecule has 1 aliphatic rings. The zero-order chi connectivity index (χ0) is 17.3. The monoisotopic (exact) mass is 345 g/mol. The van der Waals surface area contributed by atoms with Crippen LogP contribution in [0.25, 0.3) is 5.69 Å². The fourth-order valence-corrected chi connectivity index (χ4v) is 4.37. The van der Waals surface area contributed by atoms with Crippen molar-refractivity contribution in [2.75, 3.05) is 5.32 Å². The largest absolute Gasteiger partial charge is 0.310 e. The Morgan fingerprint density at radius 2 is 2.00 bits per heavy atom. The first-order valence-electron chi connectivity index (χ1n) is 8.37. The van der Waals surface area contributed by atoms with E-state index in [1.165, 1.54) is 0 Å². The quantitative estimate of drug-likeness (QED) is 0.904. The molecular formula is C18H23N3O2S. The van der Waals surface area contributed by atoms with Gasteiger partial charge in [0.2, 0.25) is 5.91 Å². The Morgan fingerprint density at radius 3 is 2.67 bits per heavy atom. The van der Waals surface area contributed by atoms with E-state index in [0.29, 0.717) is 17.3 Å². The molecular weight excluding hydrogens is 322 g/mol. The highest BCUT2D eigenvalue weighted by molar-refractivity contribution is 7.83. The standard InChI is InChI=1S/C18H23N3O2S/c1-4-13(5-2)18(22)19-17-14-10-24(23)11-15(14)20-21(17)16-9-7-6-8-12(16)3/h6-9,13H,4-5,10-11H2,1-3H3,(H,19,22)/t24-/m1/s1. The number of fused-ring (bicyclic) bond motifs is 1. The highest BCUT2D eigenvalue weighted by atomic mass is 32.2. The lowest BCUT2D eigenvalue weighted by Crippen LogP contribution is -2.24. The second kappa shape index (κ2) is 6.89. The number of rotatable bonds is 5. The zero-order valence-corrected chi connectivity index (χ0v) is 15.2. The van der Waals surface area contributed by atoms with Gasteiger partial charge in [0.1, 0.15) is 5.82 Å². The van der Waals surface area contributed by atoms with Crippen molar-refractivity contribution in [1.29, 1.82) is 0 Å². The first-order chi connectivity index (χ1) is 11.5. The molecule has 0 aliphatic carbocycles. The van der Waals surface area contributed by atoms with Crippen molar-refractivity contribution in [2.45, 2.75) is 45.1 Å². The number of aryl methyl sites for hydroxylation is 1. The molecule has 1 aromatic heterocycles. The third-order valence-electron chi connectivity index (χ3n) is 4.61. The molecule has 5 nitrogen and oxygen atoms in total. The molecule has 0 unspecified atom stereocenters. The van der Waals surface area contributed by atoms with Gasteiger partial charge in [-0.1, -0.05) is 32.0 Å². The zero-order valence-electron chi connectivity index (χ0n) is 14.3. The van der Waals surface area contributed by atoms with E-state index in [9.17, 15) is 9.00 Å². The smallest absolute Gasteiger partial charge is 0.228 e. The molecule has 128 valence electrons. The van der Waals surface area contributed by atoms with Crippen LogP contribution in [0, 0.1) is 12.8 Å². The lowest BCUT2D eigenvalue weighted by Gasteiger charge is -2.16. The van der Waals surface area contributed by atoms with Gasteiger partial charge in [0.25, 0.3) is 0 Å². The fraction of sp³-hybridized carbons (Fsp3) is 0.444. The van der Waals surface area contributed by atoms with E-state index in [4.69, 9.17) is 0 Å². The maximum absolute atomic E-state index is 12.6. The Kier molecular flexibility index (Phi) is 4.85. The Bertz CT molecular complexity index is 794. The molecule has 2 heterocycles. The molecule has 0 bridgehead atoms. The molecule has 0 spiro atoms. The van der Waals surface area contributed by atoms with Gasteiger partial charge in [-0.05, 0) is 31.4 Å². The van der Waals surface area contributed by atoms with Crippen LogP contribution in [0.4, 0.5) is 5.82 Å². The Morgan fingerprint density at radius 1 is 1.29 bits per heavy atom. The second-order valence-corrected chi connectivity index (χ2v) is 7.66. The molecule has 1 amide bonds. The molecule has 1 atom stereocenters. The highest BCUT2D eigenvalue weighted by Gasteiger charge is 2.29. The van der Waals surface area contributed by atoms with E-state index in [1.807, 2.05) is 45.0 Å². The lowest BCUT2D eigenvalue weighted by atomic mass is 10.0. The number of hydrogen-bond acceptors (Lipinski definition) is 3. The molecule has 24 heavy (non-hydrogen) atoms. The summed E-state index contributed by atoms with van der Waals surface area (Å²) in [6.45, 7) is 6.06. The van der Waals surface area contributed by atoms with E-state index in [1.54, 1.807) is 4.68 Å². The van der Waals surface area contributed by atoms with Crippen LogP contribution in [0.5, 0.6) is 0 Å². The van der Waals surface area contributed by atoms with Gasteiger partial charge in [0.15, 0.2) is 0 Å². The van der Waals surface area contributed by atoms with Gasteiger partial charge in [-0.3, -0.25) is 9.00 Å². The average molecular weight is 345 g/mol. The van der Waals surface area contributed by atoms with Gasteiger partial charge in [0, 0.05) is 22.3 Å². The number of nitrogens with zero attached hydrogens (tertiary/aromatic N) is 2. The average Bonchev–Trinajstić information content (AvgIpc) is 3.06. The molecule has 0 saturated heterocycles. The Balaban J connectivity index is 2.05. The van der Waals surface area contributed by atoms with Crippen molar-refractivity contribution in [3.05, 3.63) is 41.1 Å². The van der Waals surface area contributed by atoms with Crippen molar-refractivity contribution >= 4 is 22.5 Å². The van der Waals surface area contributed by atoms with Crippen LogP contribution in [0.15, 0.2) is 24.3 Å². The number of para-hydroxylation sites is 1. The van der Waals surface area contributed by atoms with Gasteiger partial charge in [-0.15, -0.1) is 0 Å². The van der Waals surface area contributed by atoms with E-state index in [-0.39, 0.29) is 11.8 Å². The molecule has 3 rings (SSSR count). The van der Waals surface area contributed by atoms with Crippen LogP contribution < -0.4 is 5.32 Å². The molecule has 0 saturated carbocycles. The number of anilines is 1. The van der Waals surface area contributed by atoms with Crippen LogP contribution >= 0.6 is 0 Å². The summed E-state index contributed by atoms with van der Waals surface area (Å²) in [6, 6.07) is 7.95. The number of carbonyl (C=O) groups is 1. The van der Waals surface area contributed by atoms with Crippen LogP contribution in [0.2, 0.25) is 0 Å². The number of nitrogens with one attached hydrogen (secondary N) is 1. The van der Waals surface area contributed by atoms with Gasteiger partial charge >= 0.3 is 0 Å². The van der Waals surface area contributed by atoms with Gasteiger partial charge in [-0.2, -0.15) is 5.10 Å². The van der Waals surface area contributed by atoms with E-state index in [2.05, 4.69) is 10.4 Å². The predicted molar refractivity (Wildman–Crippen MR) is 96.6 cm³/mol. The topological polar surface area (TPSA) is 64.0 Å². The lowest BCUT2D eigenvalue weighted by molar-refractivity contribution is -0.120. The van der Waals surface area contributed by atoms with Crippen molar-refractivity contribution < 1.29 is 9.00 Å².